The van der Waals surface area contributed by atoms with Crippen molar-refractivity contribution in [2.45, 2.75) is 44.4 Å². The standard InChI is InChI=1S/C25H28N6O2/c26-25-22(14-23(29-30-25)21-5-1-2-6-24(21)32)18-15-28-31(16-18)11-3-4-17-12-20(13-17)33-19-7-9-27-10-8-19/h1-2,5-6,14-17,19-20,27,32H,7-13H2,(H2,26,30)/t17-,20-. The molecule has 4 N–H and O–H groups in total. The van der Waals surface area contributed by atoms with Gasteiger partial charge in [0.15, 0.2) is 5.82 Å². The Bertz CT molecular complexity index is 1170. The molecule has 3 heterocycles. The molecule has 8 heteroatoms. The van der Waals surface area contributed by atoms with E-state index < -0.39 is 0 Å². The number of phenolic OH excluding ortho intramolecular Hbond substituents is 1. The van der Waals surface area contributed by atoms with E-state index >= 15 is 0 Å². The summed E-state index contributed by atoms with van der Waals surface area (Å²) in [5.41, 5.74) is 8.79. The van der Waals surface area contributed by atoms with E-state index in [1.807, 2.05) is 18.3 Å². The quantitative estimate of drug-likeness (QED) is 0.519. The van der Waals surface area contributed by atoms with E-state index in [1.165, 1.54) is 0 Å². The minimum Gasteiger partial charge on any atom is -0.507 e. The van der Waals surface area contributed by atoms with Gasteiger partial charge in [-0.05, 0) is 57.0 Å². The van der Waals surface area contributed by atoms with Crippen LogP contribution in [0.25, 0.3) is 22.4 Å². The largest absolute Gasteiger partial charge is 0.507 e. The van der Waals surface area contributed by atoms with Crippen LogP contribution >= 0.6 is 0 Å². The van der Waals surface area contributed by atoms with Crippen LogP contribution in [-0.4, -0.2) is 50.4 Å². The van der Waals surface area contributed by atoms with Crippen LogP contribution in [0.4, 0.5) is 5.82 Å². The Labute approximate surface area is 193 Å². The number of nitrogen functional groups attached to an aromatic ring is 1. The maximum Gasteiger partial charge on any atom is 0.154 e. The molecule has 8 nitrogen and oxygen atoms in total. The van der Waals surface area contributed by atoms with Crippen molar-refractivity contribution in [2.24, 2.45) is 5.92 Å². The van der Waals surface area contributed by atoms with Gasteiger partial charge < -0.3 is 20.9 Å². The van der Waals surface area contributed by atoms with Crippen LogP contribution < -0.4 is 11.1 Å². The van der Waals surface area contributed by atoms with E-state index in [-0.39, 0.29) is 5.75 Å². The lowest BCUT2D eigenvalue weighted by molar-refractivity contribution is -0.0743. The van der Waals surface area contributed by atoms with Crippen LogP contribution in [0.3, 0.4) is 0 Å². The monoisotopic (exact) mass is 444 g/mol. The van der Waals surface area contributed by atoms with Gasteiger partial charge in [0.2, 0.25) is 0 Å². The topological polar surface area (TPSA) is 111 Å². The van der Waals surface area contributed by atoms with Gasteiger partial charge in [-0.3, -0.25) is 4.68 Å². The zero-order valence-corrected chi connectivity index (χ0v) is 18.4. The smallest absolute Gasteiger partial charge is 0.154 e. The van der Waals surface area contributed by atoms with Crippen molar-refractivity contribution >= 4 is 5.82 Å². The summed E-state index contributed by atoms with van der Waals surface area (Å²) in [5, 5.41) is 26.1. The molecule has 170 valence electrons. The van der Waals surface area contributed by atoms with Crippen molar-refractivity contribution in [3.63, 3.8) is 0 Å². The Kier molecular flexibility index (Phi) is 6.24. The van der Waals surface area contributed by atoms with Crippen LogP contribution in [0, 0.1) is 17.8 Å². The number of rotatable bonds is 5. The first-order valence-electron chi connectivity index (χ1n) is 11.4. The molecule has 1 saturated heterocycles. The number of nitrogens with zero attached hydrogens (tertiary/aromatic N) is 4. The van der Waals surface area contributed by atoms with Gasteiger partial charge in [-0.15, -0.1) is 10.2 Å². The summed E-state index contributed by atoms with van der Waals surface area (Å²) in [5.74, 6) is 7.47. The number of aromatic hydroxyl groups is 1. The number of hydrogen-bond donors (Lipinski definition) is 3. The third-order valence-corrected chi connectivity index (χ3v) is 6.26. The molecular formula is C25H28N6O2. The van der Waals surface area contributed by atoms with Gasteiger partial charge in [0.05, 0.1) is 24.1 Å². The SMILES string of the molecule is Nc1nnc(-c2ccccc2O)cc1-c1cnn(CC#C[C@H]2C[C@H](OC3CCNCC3)C2)c1. The normalized spacial score (nSPS) is 20.6. The maximum atomic E-state index is 10.1. The molecule has 0 spiro atoms. The van der Waals surface area contributed by atoms with E-state index in [1.54, 1.807) is 29.1 Å². The summed E-state index contributed by atoms with van der Waals surface area (Å²) in [7, 11) is 0. The highest BCUT2D eigenvalue weighted by atomic mass is 16.5. The van der Waals surface area contributed by atoms with Crippen LogP contribution in [0.2, 0.25) is 0 Å². The molecule has 0 radical (unpaired) electrons. The summed E-state index contributed by atoms with van der Waals surface area (Å²) in [6.07, 6.45) is 8.69. The molecule has 1 aliphatic heterocycles. The molecule has 0 unspecified atom stereocenters. The number of ether oxygens (including phenoxy) is 1. The highest BCUT2D eigenvalue weighted by molar-refractivity contribution is 5.78. The molecule has 2 aliphatic rings. The van der Waals surface area contributed by atoms with Gasteiger partial charge in [0, 0.05) is 28.8 Å². The molecule has 0 atom stereocenters. The lowest BCUT2D eigenvalue weighted by atomic mass is 9.82. The number of nitrogens with one attached hydrogen (secondary N) is 1. The van der Waals surface area contributed by atoms with Crippen molar-refractivity contribution in [3.8, 4) is 40.0 Å². The Hall–Kier alpha value is -3.41. The number of aromatic nitrogens is 4. The van der Waals surface area contributed by atoms with E-state index in [0.29, 0.717) is 41.7 Å². The molecule has 3 aromatic rings. The maximum absolute atomic E-state index is 10.1. The van der Waals surface area contributed by atoms with Crippen molar-refractivity contribution < 1.29 is 9.84 Å². The number of benzene rings is 1. The Morgan fingerprint density at radius 1 is 1.12 bits per heavy atom. The number of nitrogens with two attached hydrogens (primary N) is 1. The summed E-state index contributed by atoms with van der Waals surface area (Å²) in [6, 6.07) is 8.84. The first kappa shape index (κ1) is 21.4. The molecule has 1 aliphatic carbocycles. The average molecular weight is 445 g/mol. The minimum absolute atomic E-state index is 0.146. The first-order chi connectivity index (χ1) is 16.2. The van der Waals surface area contributed by atoms with Gasteiger partial charge in [-0.2, -0.15) is 5.10 Å². The van der Waals surface area contributed by atoms with Crippen molar-refractivity contribution in [1.82, 2.24) is 25.3 Å². The fraction of sp³-hybridized carbons (Fsp3) is 0.400. The molecule has 2 fully saturated rings. The number of phenols is 1. The molecule has 2 aromatic heterocycles. The first-order valence-corrected chi connectivity index (χ1v) is 11.4. The van der Waals surface area contributed by atoms with Gasteiger partial charge in [0.25, 0.3) is 0 Å². The van der Waals surface area contributed by atoms with Crippen LogP contribution in [-0.2, 0) is 11.3 Å². The Balaban J connectivity index is 1.19. The fourth-order valence-electron chi connectivity index (χ4n) is 4.31. The Morgan fingerprint density at radius 3 is 2.76 bits per heavy atom. The number of hydrogen-bond acceptors (Lipinski definition) is 7. The van der Waals surface area contributed by atoms with E-state index in [4.69, 9.17) is 10.5 Å². The van der Waals surface area contributed by atoms with Gasteiger partial charge in [0.1, 0.15) is 12.3 Å². The van der Waals surface area contributed by atoms with E-state index in [9.17, 15) is 5.11 Å². The Morgan fingerprint density at radius 2 is 1.94 bits per heavy atom. The lowest BCUT2D eigenvalue weighted by Gasteiger charge is -2.36. The molecule has 5 rings (SSSR count). The zero-order valence-electron chi connectivity index (χ0n) is 18.4. The van der Waals surface area contributed by atoms with E-state index in [2.05, 4.69) is 32.5 Å². The highest BCUT2D eigenvalue weighted by Crippen LogP contribution is 2.33. The fourth-order valence-corrected chi connectivity index (χ4v) is 4.31. The van der Waals surface area contributed by atoms with Gasteiger partial charge in [-0.1, -0.05) is 24.0 Å². The number of piperidine rings is 1. The lowest BCUT2D eigenvalue weighted by Crippen LogP contribution is -2.39. The third kappa shape index (κ3) is 5.00. The summed E-state index contributed by atoms with van der Waals surface area (Å²) in [6.45, 7) is 2.63. The molecular weight excluding hydrogens is 416 g/mol. The second-order valence-electron chi connectivity index (χ2n) is 8.67. The van der Waals surface area contributed by atoms with E-state index in [0.717, 1.165) is 49.9 Å². The van der Waals surface area contributed by atoms with Crippen LogP contribution in [0.5, 0.6) is 5.75 Å². The second kappa shape index (κ2) is 9.61. The van der Waals surface area contributed by atoms with Crippen LogP contribution in [0.15, 0.2) is 42.7 Å². The average Bonchev–Trinajstić information content (AvgIpc) is 3.27. The predicted octanol–water partition coefficient (Wildman–Crippen LogP) is 2.85. The van der Waals surface area contributed by atoms with Crippen molar-refractivity contribution in [2.75, 3.05) is 18.8 Å². The van der Waals surface area contributed by atoms with Crippen molar-refractivity contribution in [3.05, 3.63) is 42.7 Å². The van der Waals surface area contributed by atoms with Gasteiger partial charge in [-0.25, -0.2) is 0 Å². The van der Waals surface area contributed by atoms with Crippen molar-refractivity contribution in [1.29, 1.82) is 0 Å². The minimum atomic E-state index is 0.146. The summed E-state index contributed by atoms with van der Waals surface area (Å²) in [4.78, 5) is 0. The zero-order chi connectivity index (χ0) is 22.6. The second-order valence-corrected chi connectivity index (χ2v) is 8.67. The number of para-hydroxylation sites is 1. The molecule has 1 aromatic carbocycles. The molecule has 0 amide bonds. The van der Waals surface area contributed by atoms with Crippen LogP contribution in [0.1, 0.15) is 25.7 Å². The molecule has 1 saturated carbocycles. The number of anilines is 1. The molecule has 33 heavy (non-hydrogen) atoms. The van der Waals surface area contributed by atoms with Gasteiger partial charge >= 0.3 is 0 Å². The third-order valence-electron chi connectivity index (χ3n) is 6.26. The predicted molar refractivity (Wildman–Crippen MR) is 126 cm³/mol. The summed E-state index contributed by atoms with van der Waals surface area (Å²) >= 11 is 0. The summed E-state index contributed by atoms with van der Waals surface area (Å²) < 4.78 is 7.97. The highest BCUT2D eigenvalue weighted by Gasteiger charge is 2.31. The molecule has 0 bridgehead atoms.